The van der Waals surface area contributed by atoms with Crippen molar-refractivity contribution in [1.82, 2.24) is 25.5 Å². The number of carbonyl (C=O) groups is 2. The molecule has 23 heavy (non-hydrogen) atoms. The third-order valence-corrected chi connectivity index (χ3v) is 4.29. The van der Waals surface area contributed by atoms with Gasteiger partial charge in [0, 0.05) is 32.4 Å². The number of carbonyl (C=O) groups excluding carboxylic acids is 2. The molecule has 0 bridgehead atoms. The molecule has 3 heterocycles. The Hall–Kier alpha value is -2.68. The Bertz CT molecular complexity index is 771. The second-order valence-electron chi connectivity index (χ2n) is 4.93. The molecule has 1 aliphatic heterocycles. The van der Waals surface area contributed by atoms with Crippen LogP contribution in [0.3, 0.4) is 0 Å². The van der Waals surface area contributed by atoms with Crippen molar-refractivity contribution in [2.75, 3.05) is 26.2 Å². The summed E-state index contributed by atoms with van der Waals surface area (Å²) in [6.45, 7) is 1.90. The molecule has 0 spiro atoms. The van der Waals surface area contributed by atoms with E-state index in [-0.39, 0.29) is 18.1 Å². The lowest BCUT2D eigenvalue weighted by molar-refractivity contribution is 0.0948. The van der Waals surface area contributed by atoms with Crippen LogP contribution in [0.4, 0.5) is 4.79 Å². The molecule has 0 aliphatic carbocycles. The maximum Gasteiger partial charge on any atom is 0.317 e. The maximum absolute atomic E-state index is 12.0. The zero-order chi connectivity index (χ0) is 16.2. The molecule has 2 aromatic rings. The molecule has 1 fully saturated rings. The molecule has 0 unspecified atom stereocenters. The van der Waals surface area contributed by atoms with Crippen LogP contribution in [0.25, 0.3) is 10.7 Å². The summed E-state index contributed by atoms with van der Waals surface area (Å²) in [5.74, 6) is -0.0635. The summed E-state index contributed by atoms with van der Waals surface area (Å²) in [6.07, 6.45) is 1.27. The molecular formula is C14H15N5O3S. The van der Waals surface area contributed by atoms with Gasteiger partial charge in [-0.3, -0.25) is 9.59 Å². The standard InChI is InChI=1S/C14H15N5O3S/c20-12(15-3-5-19-6-4-16-14(19)22)9-8-17-11(18-13(9)21)10-2-1-7-23-10/h1-2,7-8H,3-6H2,(H,15,20)(H,16,22)(H,17,18,21). The van der Waals surface area contributed by atoms with Crippen LogP contribution in [0, 0.1) is 0 Å². The van der Waals surface area contributed by atoms with Gasteiger partial charge in [-0.25, -0.2) is 9.78 Å². The molecule has 0 atom stereocenters. The Morgan fingerprint density at radius 1 is 1.43 bits per heavy atom. The smallest absolute Gasteiger partial charge is 0.317 e. The van der Waals surface area contributed by atoms with Crippen LogP contribution in [0.15, 0.2) is 28.5 Å². The molecule has 0 radical (unpaired) electrons. The summed E-state index contributed by atoms with van der Waals surface area (Å²) in [6, 6.07) is 3.55. The first-order valence-electron chi connectivity index (χ1n) is 7.09. The van der Waals surface area contributed by atoms with Crippen LogP contribution >= 0.6 is 11.3 Å². The van der Waals surface area contributed by atoms with Gasteiger partial charge in [-0.1, -0.05) is 6.07 Å². The number of rotatable bonds is 5. The van der Waals surface area contributed by atoms with Crippen molar-refractivity contribution in [1.29, 1.82) is 0 Å². The number of H-pyrrole nitrogens is 1. The van der Waals surface area contributed by atoms with E-state index in [2.05, 4.69) is 20.6 Å². The number of nitrogens with one attached hydrogen (secondary N) is 3. The Labute approximate surface area is 135 Å². The van der Waals surface area contributed by atoms with Gasteiger partial charge in [0.25, 0.3) is 11.5 Å². The lowest BCUT2D eigenvalue weighted by Gasteiger charge is -2.14. The first-order chi connectivity index (χ1) is 11.1. The van der Waals surface area contributed by atoms with E-state index < -0.39 is 11.5 Å². The molecule has 9 heteroatoms. The topological polar surface area (TPSA) is 107 Å². The van der Waals surface area contributed by atoms with Crippen molar-refractivity contribution < 1.29 is 9.59 Å². The maximum atomic E-state index is 12.0. The van der Waals surface area contributed by atoms with Crippen molar-refractivity contribution in [3.05, 3.63) is 39.6 Å². The first-order valence-corrected chi connectivity index (χ1v) is 7.97. The molecule has 1 saturated heterocycles. The molecule has 0 aromatic carbocycles. The fourth-order valence-electron chi connectivity index (χ4n) is 2.22. The van der Waals surface area contributed by atoms with Crippen molar-refractivity contribution in [3.63, 3.8) is 0 Å². The molecule has 3 amide bonds. The zero-order valence-electron chi connectivity index (χ0n) is 12.2. The van der Waals surface area contributed by atoms with Crippen LogP contribution < -0.4 is 16.2 Å². The highest BCUT2D eigenvalue weighted by atomic mass is 32.1. The van der Waals surface area contributed by atoms with Crippen LogP contribution in [-0.2, 0) is 0 Å². The van der Waals surface area contributed by atoms with Crippen LogP contribution in [0.1, 0.15) is 10.4 Å². The summed E-state index contributed by atoms with van der Waals surface area (Å²) >= 11 is 1.45. The van der Waals surface area contributed by atoms with Gasteiger partial charge >= 0.3 is 6.03 Å². The Morgan fingerprint density at radius 3 is 2.96 bits per heavy atom. The number of amides is 3. The van der Waals surface area contributed by atoms with Gasteiger partial charge in [-0.2, -0.15) is 0 Å². The number of aromatic amines is 1. The van der Waals surface area contributed by atoms with E-state index in [0.29, 0.717) is 25.5 Å². The largest absolute Gasteiger partial charge is 0.350 e. The van der Waals surface area contributed by atoms with Crippen LogP contribution in [-0.4, -0.2) is 53.0 Å². The third-order valence-electron chi connectivity index (χ3n) is 3.41. The van der Waals surface area contributed by atoms with E-state index in [0.717, 1.165) is 4.88 Å². The molecular weight excluding hydrogens is 318 g/mol. The lowest BCUT2D eigenvalue weighted by Crippen LogP contribution is -2.38. The summed E-state index contributed by atoms with van der Waals surface area (Å²) in [5, 5.41) is 7.18. The summed E-state index contributed by atoms with van der Waals surface area (Å²) in [7, 11) is 0. The van der Waals surface area contributed by atoms with E-state index >= 15 is 0 Å². The number of urea groups is 1. The van der Waals surface area contributed by atoms with E-state index in [4.69, 9.17) is 0 Å². The quantitative estimate of drug-likeness (QED) is 0.729. The first kappa shape index (κ1) is 15.2. The number of nitrogens with zero attached hydrogens (tertiary/aromatic N) is 2. The van der Waals surface area contributed by atoms with Gasteiger partial charge in [-0.15, -0.1) is 11.3 Å². The lowest BCUT2D eigenvalue weighted by atomic mass is 10.3. The predicted molar refractivity (Wildman–Crippen MR) is 85.5 cm³/mol. The van der Waals surface area contributed by atoms with Crippen LogP contribution in [0.2, 0.25) is 0 Å². The SMILES string of the molecule is O=C(NCCN1CCNC1=O)c1cnc(-c2cccs2)[nH]c1=O. The van der Waals surface area contributed by atoms with Gasteiger partial charge < -0.3 is 20.5 Å². The number of thiophene rings is 1. The molecule has 3 N–H and O–H groups in total. The van der Waals surface area contributed by atoms with Crippen molar-refractivity contribution >= 4 is 23.3 Å². The molecule has 3 rings (SSSR count). The Morgan fingerprint density at radius 2 is 2.30 bits per heavy atom. The van der Waals surface area contributed by atoms with Crippen LogP contribution in [0.5, 0.6) is 0 Å². The molecule has 1 aliphatic rings. The minimum atomic E-state index is -0.504. The number of aromatic nitrogens is 2. The average Bonchev–Trinajstić information content (AvgIpc) is 3.19. The number of hydrogen-bond acceptors (Lipinski definition) is 5. The van der Waals surface area contributed by atoms with Crippen molar-refractivity contribution in [3.8, 4) is 10.7 Å². The minimum Gasteiger partial charge on any atom is -0.350 e. The van der Waals surface area contributed by atoms with E-state index in [1.807, 2.05) is 17.5 Å². The van der Waals surface area contributed by atoms with Gasteiger partial charge in [-0.05, 0) is 11.4 Å². The normalized spacial score (nSPS) is 13.9. The van der Waals surface area contributed by atoms with Gasteiger partial charge in [0.2, 0.25) is 0 Å². The van der Waals surface area contributed by atoms with E-state index in [9.17, 15) is 14.4 Å². The predicted octanol–water partition coefficient (Wildman–Crippen LogP) is 0.253. The second kappa shape index (κ2) is 6.61. The molecule has 0 saturated carbocycles. The third kappa shape index (κ3) is 3.39. The highest BCUT2D eigenvalue weighted by Gasteiger charge is 2.19. The monoisotopic (exact) mass is 333 g/mol. The van der Waals surface area contributed by atoms with Crippen molar-refractivity contribution in [2.45, 2.75) is 0 Å². The number of hydrogen-bond donors (Lipinski definition) is 3. The van der Waals surface area contributed by atoms with E-state index in [1.54, 1.807) is 4.90 Å². The Balaban J connectivity index is 1.61. The molecule has 2 aromatic heterocycles. The van der Waals surface area contributed by atoms with Gasteiger partial charge in [0.05, 0.1) is 4.88 Å². The highest BCUT2D eigenvalue weighted by Crippen LogP contribution is 2.19. The molecule has 8 nitrogen and oxygen atoms in total. The average molecular weight is 333 g/mol. The summed E-state index contributed by atoms with van der Waals surface area (Å²) < 4.78 is 0. The minimum absolute atomic E-state index is 0.0452. The zero-order valence-corrected chi connectivity index (χ0v) is 13.0. The fraction of sp³-hybridized carbons (Fsp3) is 0.286. The van der Waals surface area contributed by atoms with E-state index in [1.165, 1.54) is 17.5 Å². The second-order valence-corrected chi connectivity index (χ2v) is 5.87. The van der Waals surface area contributed by atoms with Gasteiger partial charge in [0.15, 0.2) is 0 Å². The highest BCUT2D eigenvalue weighted by molar-refractivity contribution is 7.13. The summed E-state index contributed by atoms with van der Waals surface area (Å²) in [5.41, 5.74) is -0.531. The Kier molecular flexibility index (Phi) is 4.38. The van der Waals surface area contributed by atoms with Gasteiger partial charge in [0.1, 0.15) is 11.4 Å². The molecule has 120 valence electrons. The van der Waals surface area contributed by atoms with Crippen molar-refractivity contribution in [2.24, 2.45) is 0 Å². The fourth-order valence-corrected chi connectivity index (χ4v) is 2.90. The summed E-state index contributed by atoms with van der Waals surface area (Å²) in [4.78, 5) is 44.6.